The van der Waals surface area contributed by atoms with E-state index in [-0.39, 0.29) is 12.2 Å². The molecule has 1 amide bonds. The van der Waals surface area contributed by atoms with Crippen molar-refractivity contribution in [1.82, 2.24) is 4.90 Å². The van der Waals surface area contributed by atoms with E-state index in [0.29, 0.717) is 18.8 Å². The van der Waals surface area contributed by atoms with Crippen molar-refractivity contribution in [2.75, 3.05) is 18.8 Å². The van der Waals surface area contributed by atoms with Gasteiger partial charge in [-0.3, -0.25) is 0 Å². The zero-order valence-corrected chi connectivity index (χ0v) is 13.0. The normalized spacial score (nSPS) is 19.2. The van der Waals surface area contributed by atoms with E-state index in [1.54, 1.807) is 11.0 Å². The van der Waals surface area contributed by atoms with Gasteiger partial charge in [0.05, 0.1) is 6.54 Å². The Morgan fingerprint density at radius 3 is 2.81 bits per heavy atom. The number of ether oxygens (including phenoxy) is 2. The van der Waals surface area contributed by atoms with Crippen molar-refractivity contribution >= 4 is 11.8 Å². The van der Waals surface area contributed by atoms with E-state index < -0.39 is 5.60 Å². The van der Waals surface area contributed by atoms with Gasteiger partial charge in [0.1, 0.15) is 17.5 Å². The molecule has 1 aromatic carbocycles. The van der Waals surface area contributed by atoms with Gasteiger partial charge in [0.15, 0.2) is 0 Å². The summed E-state index contributed by atoms with van der Waals surface area (Å²) in [5.41, 5.74) is 5.94. The Balaban J connectivity index is 1.93. The number of rotatable bonds is 2. The summed E-state index contributed by atoms with van der Waals surface area (Å²) in [5.74, 6) is 0.742. The van der Waals surface area contributed by atoms with E-state index in [2.05, 4.69) is 0 Å². The van der Waals surface area contributed by atoms with Gasteiger partial charge in [0, 0.05) is 18.3 Å². The number of nitrogens with two attached hydrogens (primary N) is 1. The summed E-state index contributed by atoms with van der Waals surface area (Å²) in [7, 11) is 0. The Morgan fingerprint density at radius 1 is 1.38 bits per heavy atom. The molecule has 1 heterocycles. The molecule has 0 saturated carbocycles. The largest absolute Gasteiger partial charge is 0.489 e. The van der Waals surface area contributed by atoms with Crippen LogP contribution in [0.1, 0.15) is 33.6 Å². The monoisotopic (exact) mass is 292 g/mol. The SMILES string of the molecule is CC(C)(C)OC(=O)N1CCC[C@H](Oc2cccc(N)c2)C1. The first-order valence-corrected chi connectivity index (χ1v) is 7.33. The van der Waals surface area contributed by atoms with Crippen molar-refractivity contribution in [3.63, 3.8) is 0 Å². The number of amides is 1. The number of benzene rings is 1. The van der Waals surface area contributed by atoms with Gasteiger partial charge in [-0.05, 0) is 45.7 Å². The first-order valence-electron chi connectivity index (χ1n) is 7.33. The number of hydrogen-bond acceptors (Lipinski definition) is 4. The van der Waals surface area contributed by atoms with Crippen LogP contribution in [0.3, 0.4) is 0 Å². The van der Waals surface area contributed by atoms with Gasteiger partial charge in [-0.15, -0.1) is 0 Å². The Kier molecular flexibility index (Phi) is 4.60. The molecule has 1 aliphatic heterocycles. The third-order valence-electron chi connectivity index (χ3n) is 3.19. The third-order valence-corrected chi connectivity index (χ3v) is 3.19. The average Bonchev–Trinajstić information content (AvgIpc) is 2.37. The number of anilines is 1. The third kappa shape index (κ3) is 4.85. The standard InChI is InChI=1S/C16H24N2O3/c1-16(2,3)21-15(19)18-9-5-8-14(11-18)20-13-7-4-6-12(17)10-13/h4,6-7,10,14H,5,8-9,11,17H2,1-3H3/t14-/m0/s1. The summed E-state index contributed by atoms with van der Waals surface area (Å²) >= 11 is 0. The van der Waals surface area contributed by atoms with E-state index >= 15 is 0 Å². The Hall–Kier alpha value is -1.91. The van der Waals surface area contributed by atoms with Crippen LogP contribution >= 0.6 is 0 Å². The Labute approximate surface area is 126 Å². The van der Waals surface area contributed by atoms with Gasteiger partial charge in [-0.2, -0.15) is 0 Å². The van der Waals surface area contributed by atoms with Gasteiger partial charge < -0.3 is 20.1 Å². The summed E-state index contributed by atoms with van der Waals surface area (Å²) in [6, 6.07) is 7.36. The zero-order chi connectivity index (χ0) is 15.5. The molecule has 1 aliphatic rings. The smallest absolute Gasteiger partial charge is 0.410 e. The fourth-order valence-electron chi connectivity index (χ4n) is 2.31. The molecule has 0 aliphatic carbocycles. The average molecular weight is 292 g/mol. The highest BCUT2D eigenvalue weighted by molar-refractivity contribution is 5.68. The molecule has 116 valence electrons. The molecule has 5 nitrogen and oxygen atoms in total. The molecule has 0 radical (unpaired) electrons. The van der Waals surface area contributed by atoms with Crippen molar-refractivity contribution in [2.24, 2.45) is 0 Å². The first-order chi connectivity index (χ1) is 9.83. The maximum atomic E-state index is 12.1. The molecule has 2 N–H and O–H groups in total. The van der Waals surface area contributed by atoms with Crippen molar-refractivity contribution in [2.45, 2.75) is 45.3 Å². The second-order valence-electron chi connectivity index (χ2n) is 6.38. The summed E-state index contributed by atoms with van der Waals surface area (Å²) in [6.45, 7) is 6.87. The predicted molar refractivity (Wildman–Crippen MR) is 82.3 cm³/mol. The van der Waals surface area contributed by atoms with Crippen LogP contribution < -0.4 is 10.5 Å². The second-order valence-corrected chi connectivity index (χ2v) is 6.38. The molecule has 1 fully saturated rings. The van der Waals surface area contributed by atoms with Gasteiger partial charge in [-0.25, -0.2) is 4.79 Å². The van der Waals surface area contributed by atoms with E-state index in [0.717, 1.165) is 18.6 Å². The number of nitrogen functional groups attached to an aromatic ring is 1. The molecule has 2 rings (SSSR count). The van der Waals surface area contributed by atoms with Crippen LogP contribution in [0.15, 0.2) is 24.3 Å². The first kappa shape index (κ1) is 15.5. The number of nitrogens with zero attached hydrogens (tertiary/aromatic N) is 1. The molecule has 0 unspecified atom stereocenters. The Bertz CT molecular complexity index is 497. The van der Waals surface area contributed by atoms with Crippen LogP contribution in [-0.2, 0) is 4.74 Å². The molecule has 0 aromatic heterocycles. The topological polar surface area (TPSA) is 64.8 Å². The quantitative estimate of drug-likeness (QED) is 0.851. The molecule has 1 atom stereocenters. The van der Waals surface area contributed by atoms with Crippen LogP contribution in [0.25, 0.3) is 0 Å². The van der Waals surface area contributed by atoms with Crippen LogP contribution in [0.4, 0.5) is 10.5 Å². The lowest BCUT2D eigenvalue weighted by Gasteiger charge is -2.34. The highest BCUT2D eigenvalue weighted by atomic mass is 16.6. The summed E-state index contributed by atoms with van der Waals surface area (Å²) in [4.78, 5) is 13.8. The second kappa shape index (κ2) is 6.24. The van der Waals surface area contributed by atoms with Crippen molar-refractivity contribution in [3.05, 3.63) is 24.3 Å². The molecule has 0 spiro atoms. The van der Waals surface area contributed by atoms with Crippen LogP contribution in [-0.4, -0.2) is 35.8 Å². The predicted octanol–water partition coefficient (Wildman–Crippen LogP) is 3.05. The van der Waals surface area contributed by atoms with E-state index in [4.69, 9.17) is 15.2 Å². The number of piperidine rings is 1. The van der Waals surface area contributed by atoms with Gasteiger partial charge >= 0.3 is 6.09 Å². The van der Waals surface area contributed by atoms with E-state index in [1.807, 2.05) is 39.0 Å². The lowest BCUT2D eigenvalue weighted by atomic mass is 10.1. The summed E-state index contributed by atoms with van der Waals surface area (Å²) < 4.78 is 11.3. The highest BCUT2D eigenvalue weighted by Gasteiger charge is 2.28. The van der Waals surface area contributed by atoms with Gasteiger partial charge in [-0.1, -0.05) is 6.07 Å². The lowest BCUT2D eigenvalue weighted by molar-refractivity contribution is 0.00776. The fraction of sp³-hybridized carbons (Fsp3) is 0.562. The van der Waals surface area contributed by atoms with Gasteiger partial charge in [0.2, 0.25) is 0 Å². The zero-order valence-electron chi connectivity index (χ0n) is 13.0. The van der Waals surface area contributed by atoms with E-state index in [9.17, 15) is 4.79 Å². The molecule has 1 aromatic rings. The Morgan fingerprint density at radius 2 is 2.14 bits per heavy atom. The van der Waals surface area contributed by atoms with Crippen molar-refractivity contribution in [1.29, 1.82) is 0 Å². The number of carbonyl (C=O) groups excluding carboxylic acids is 1. The van der Waals surface area contributed by atoms with E-state index in [1.165, 1.54) is 0 Å². The molecular weight excluding hydrogens is 268 g/mol. The minimum atomic E-state index is -0.473. The number of carbonyl (C=O) groups is 1. The maximum absolute atomic E-state index is 12.1. The van der Waals surface area contributed by atoms with Crippen LogP contribution in [0.5, 0.6) is 5.75 Å². The number of likely N-dealkylation sites (tertiary alicyclic amines) is 1. The molecule has 21 heavy (non-hydrogen) atoms. The van der Waals surface area contributed by atoms with Crippen LogP contribution in [0.2, 0.25) is 0 Å². The molecular formula is C16H24N2O3. The van der Waals surface area contributed by atoms with Crippen LogP contribution in [0, 0.1) is 0 Å². The lowest BCUT2D eigenvalue weighted by Crippen LogP contribution is -2.46. The van der Waals surface area contributed by atoms with Crippen molar-refractivity contribution in [3.8, 4) is 5.75 Å². The summed E-state index contributed by atoms with van der Waals surface area (Å²) in [5, 5.41) is 0. The fourth-order valence-corrected chi connectivity index (χ4v) is 2.31. The van der Waals surface area contributed by atoms with Gasteiger partial charge in [0.25, 0.3) is 0 Å². The van der Waals surface area contributed by atoms with Crippen molar-refractivity contribution < 1.29 is 14.3 Å². The maximum Gasteiger partial charge on any atom is 0.410 e. The number of hydrogen-bond donors (Lipinski definition) is 1. The summed E-state index contributed by atoms with van der Waals surface area (Å²) in [6.07, 6.45) is 1.54. The molecule has 5 heteroatoms. The highest BCUT2D eigenvalue weighted by Crippen LogP contribution is 2.21. The minimum absolute atomic E-state index is 0.0203. The minimum Gasteiger partial charge on any atom is -0.489 e. The molecule has 0 bridgehead atoms. The molecule has 1 saturated heterocycles.